The summed E-state index contributed by atoms with van der Waals surface area (Å²) in [6.45, 7) is 2.14. The molecule has 1 aromatic rings. The van der Waals surface area contributed by atoms with Crippen molar-refractivity contribution >= 4 is 5.78 Å². The lowest BCUT2D eigenvalue weighted by atomic mass is 9.74. The molecule has 2 rings (SSSR count). The van der Waals surface area contributed by atoms with E-state index in [4.69, 9.17) is 5.73 Å². The highest BCUT2D eigenvalue weighted by Crippen LogP contribution is 2.32. The van der Waals surface area contributed by atoms with Gasteiger partial charge in [0, 0.05) is 12.4 Å². The lowest BCUT2D eigenvalue weighted by Gasteiger charge is -2.34. The summed E-state index contributed by atoms with van der Waals surface area (Å²) in [4.78, 5) is 20.2. The second-order valence-electron chi connectivity index (χ2n) is 4.78. The Morgan fingerprint density at radius 2 is 2.38 bits per heavy atom. The van der Waals surface area contributed by atoms with Gasteiger partial charge in [0.1, 0.15) is 5.69 Å². The topological polar surface area (TPSA) is 68.9 Å². The highest BCUT2D eigenvalue weighted by atomic mass is 16.1. The number of carbonyl (C=O) groups excluding carboxylic acids is 1. The highest BCUT2D eigenvalue weighted by molar-refractivity contribution is 6.01. The third kappa shape index (κ3) is 2.11. The minimum atomic E-state index is -0.728. The minimum absolute atomic E-state index is 0.0628. The summed E-state index contributed by atoms with van der Waals surface area (Å²) in [6.07, 6.45) is 8.27. The van der Waals surface area contributed by atoms with Crippen molar-refractivity contribution in [1.82, 2.24) is 9.97 Å². The number of hydrogen-bond donors (Lipinski definition) is 1. The van der Waals surface area contributed by atoms with Gasteiger partial charge in [-0.05, 0) is 18.8 Å². The van der Waals surface area contributed by atoms with Gasteiger partial charge in [-0.2, -0.15) is 0 Å². The summed E-state index contributed by atoms with van der Waals surface area (Å²) in [5.41, 5.74) is 5.87. The van der Waals surface area contributed by atoms with Crippen molar-refractivity contribution < 1.29 is 4.79 Å². The van der Waals surface area contributed by atoms with Crippen molar-refractivity contribution in [2.45, 2.75) is 38.1 Å². The van der Waals surface area contributed by atoms with E-state index in [1.54, 1.807) is 6.20 Å². The molecular weight excluding hydrogens is 202 g/mol. The fourth-order valence-electron chi connectivity index (χ4n) is 2.47. The maximum atomic E-state index is 12.2. The molecule has 0 radical (unpaired) electrons. The van der Waals surface area contributed by atoms with Gasteiger partial charge in [-0.1, -0.05) is 19.8 Å². The number of rotatable bonds is 2. The molecule has 86 valence electrons. The monoisotopic (exact) mass is 219 g/mol. The molecule has 1 aliphatic carbocycles. The number of Topliss-reactive ketones (excluding diaryl/α,β-unsaturated/α-hetero) is 1. The van der Waals surface area contributed by atoms with E-state index in [1.807, 2.05) is 0 Å². The Morgan fingerprint density at radius 1 is 1.56 bits per heavy atom. The molecule has 16 heavy (non-hydrogen) atoms. The Labute approximate surface area is 95.3 Å². The van der Waals surface area contributed by atoms with E-state index < -0.39 is 5.54 Å². The molecule has 0 bridgehead atoms. The number of nitrogens with two attached hydrogens (primary N) is 1. The summed E-state index contributed by atoms with van der Waals surface area (Å²) in [5, 5.41) is 0. The van der Waals surface area contributed by atoms with Crippen molar-refractivity contribution in [3.05, 3.63) is 24.3 Å². The van der Waals surface area contributed by atoms with Gasteiger partial charge in [0.05, 0.1) is 11.7 Å². The molecule has 2 atom stereocenters. The molecule has 4 nitrogen and oxygen atoms in total. The number of nitrogens with zero attached hydrogens (tertiary/aromatic N) is 2. The highest BCUT2D eigenvalue weighted by Gasteiger charge is 2.38. The maximum Gasteiger partial charge on any atom is 0.202 e. The first-order chi connectivity index (χ1) is 7.62. The molecule has 1 heterocycles. The molecule has 1 aromatic heterocycles. The Kier molecular flexibility index (Phi) is 3.01. The first-order valence-electron chi connectivity index (χ1n) is 5.71. The van der Waals surface area contributed by atoms with Gasteiger partial charge in [-0.15, -0.1) is 0 Å². The van der Waals surface area contributed by atoms with Crippen molar-refractivity contribution in [2.75, 3.05) is 0 Å². The van der Waals surface area contributed by atoms with E-state index in [2.05, 4.69) is 16.9 Å². The zero-order valence-electron chi connectivity index (χ0n) is 9.52. The molecule has 0 amide bonds. The molecule has 4 heteroatoms. The molecule has 0 aromatic carbocycles. The van der Waals surface area contributed by atoms with Gasteiger partial charge in [-0.3, -0.25) is 9.78 Å². The molecule has 0 saturated heterocycles. The zero-order valence-corrected chi connectivity index (χ0v) is 9.52. The van der Waals surface area contributed by atoms with E-state index in [-0.39, 0.29) is 5.78 Å². The van der Waals surface area contributed by atoms with Crippen molar-refractivity contribution in [1.29, 1.82) is 0 Å². The van der Waals surface area contributed by atoms with Crippen LogP contribution in [0.5, 0.6) is 0 Å². The van der Waals surface area contributed by atoms with E-state index in [1.165, 1.54) is 12.4 Å². The van der Waals surface area contributed by atoms with E-state index in [0.717, 1.165) is 25.7 Å². The van der Waals surface area contributed by atoms with E-state index in [0.29, 0.717) is 11.6 Å². The lowest BCUT2D eigenvalue weighted by molar-refractivity contribution is 0.0814. The van der Waals surface area contributed by atoms with Crippen LogP contribution in [0.4, 0.5) is 0 Å². The van der Waals surface area contributed by atoms with Gasteiger partial charge < -0.3 is 5.73 Å². The van der Waals surface area contributed by atoms with Crippen LogP contribution < -0.4 is 5.73 Å². The predicted octanol–water partition coefficient (Wildman–Crippen LogP) is 1.57. The molecule has 1 saturated carbocycles. The molecule has 1 fully saturated rings. The summed E-state index contributed by atoms with van der Waals surface area (Å²) < 4.78 is 0. The smallest absolute Gasteiger partial charge is 0.202 e. The molecule has 2 unspecified atom stereocenters. The second-order valence-corrected chi connectivity index (χ2v) is 4.78. The van der Waals surface area contributed by atoms with Crippen LogP contribution >= 0.6 is 0 Å². The van der Waals surface area contributed by atoms with Crippen LogP contribution in [0.3, 0.4) is 0 Å². The fraction of sp³-hybridized carbons (Fsp3) is 0.583. The third-order valence-corrected chi connectivity index (χ3v) is 3.28. The first-order valence-corrected chi connectivity index (χ1v) is 5.71. The van der Waals surface area contributed by atoms with Crippen LogP contribution in [-0.4, -0.2) is 21.3 Å². The molecule has 1 aliphatic rings. The predicted molar refractivity (Wildman–Crippen MR) is 60.9 cm³/mol. The van der Waals surface area contributed by atoms with Gasteiger partial charge in [-0.25, -0.2) is 4.98 Å². The quantitative estimate of drug-likeness (QED) is 0.766. The second kappa shape index (κ2) is 4.29. The molecule has 2 N–H and O–H groups in total. The number of aromatic nitrogens is 2. The Morgan fingerprint density at radius 3 is 3.00 bits per heavy atom. The lowest BCUT2D eigenvalue weighted by Crippen LogP contribution is -2.51. The number of ketones is 1. The summed E-state index contributed by atoms with van der Waals surface area (Å²) >= 11 is 0. The normalized spacial score (nSPS) is 30.0. The summed E-state index contributed by atoms with van der Waals surface area (Å²) in [6, 6.07) is 0. The summed E-state index contributed by atoms with van der Waals surface area (Å²) in [5.74, 6) is 0.450. The van der Waals surface area contributed by atoms with Gasteiger partial charge in [0.2, 0.25) is 5.78 Å². The van der Waals surface area contributed by atoms with Crippen LogP contribution in [0.2, 0.25) is 0 Å². The average molecular weight is 219 g/mol. The largest absolute Gasteiger partial charge is 0.319 e. The van der Waals surface area contributed by atoms with Crippen molar-refractivity contribution in [3.63, 3.8) is 0 Å². The van der Waals surface area contributed by atoms with Crippen LogP contribution in [0.25, 0.3) is 0 Å². The molecule has 0 spiro atoms. The zero-order chi connectivity index (χ0) is 11.6. The van der Waals surface area contributed by atoms with Crippen LogP contribution in [0.15, 0.2) is 18.6 Å². The molecule has 0 aliphatic heterocycles. The number of carbonyl (C=O) groups is 1. The Balaban J connectivity index is 2.21. The van der Waals surface area contributed by atoms with E-state index >= 15 is 0 Å². The standard InChI is InChI=1S/C12H17N3O/c1-9-3-2-4-12(13,7-9)11(16)10-8-14-5-6-15-10/h5-6,8-9H,2-4,7,13H2,1H3. The van der Waals surface area contributed by atoms with Gasteiger partial charge in [0.15, 0.2) is 0 Å². The fourth-order valence-corrected chi connectivity index (χ4v) is 2.47. The molecular formula is C12H17N3O. The first kappa shape index (κ1) is 11.2. The van der Waals surface area contributed by atoms with Crippen LogP contribution in [0.1, 0.15) is 43.1 Å². The van der Waals surface area contributed by atoms with E-state index in [9.17, 15) is 4.79 Å². The van der Waals surface area contributed by atoms with Crippen molar-refractivity contribution in [3.8, 4) is 0 Å². The Bertz CT molecular complexity index is 379. The SMILES string of the molecule is CC1CCCC(N)(C(=O)c2cnccn2)C1. The average Bonchev–Trinajstić information content (AvgIpc) is 2.29. The summed E-state index contributed by atoms with van der Waals surface area (Å²) in [7, 11) is 0. The van der Waals surface area contributed by atoms with Gasteiger partial charge in [0.25, 0.3) is 0 Å². The van der Waals surface area contributed by atoms with Crippen LogP contribution in [-0.2, 0) is 0 Å². The third-order valence-electron chi connectivity index (χ3n) is 3.28. The maximum absolute atomic E-state index is 12.2. The Hall–Kier alpha value is -1.29. The number of hydrogen-bond acceptors (Lipinski definition) is 4. The van der Waals surface area contributed by atoms with Gasteiger partial charge >= 0.3 is 0 Å². The minimum Gasteiger partial charge on any atom is -0.319 e. The van der Waals surface area contributed by atoms with Crippen molar-refractivity contribution in [2.24, 2.45) is 11.7 Å². The van der Waals surface area contributed by atoms with Crippen LogP contribution in [0, 0.1) is 5.92 Å².